The first kappa shape index (κ1) is 20.9. The van der Waals surface area contributed by atoms with E-state index in [0.717, 1.165) is 12.8 Å². The Morgan fingerprint density at radius 3 is 1.64 bits per heavy atom. The van der Waals surface area contributed by atoms with Gasteiger partial charge < -0.3 is 9.64 Å². The summed E-state index contributed by atoms with van der Waals surface area (Å²) in [5.74, 6) is -1.23. The molecule has 0 saturated heterocycles. The van der Waals surface area contributed by atoms with Crippen LogP contribution in [0, 0.1) is 0 Å². The molecule has 0 spiro atoms. The maximum Gasteiger partial charge on any atom is 0.397 e. The zero-order chi connectivity index (χ0) is 16.6. The number of esters is 1. The lowest BCUT2D eigenvalue weighted by molar-refractivity contribution is -0.160. The van der Waals surface area contributed by atoms with Crippen molar-refractivity contribution in [1.29, 1.82) is 0 Å². The predicted octanol–water partition coefficient (Wildman–Crippen LogP) is 4.32. The van der Waals surface area contributed by atoms with Gasteiger partial charge in [-0.15, -0.1) is 0 Å². The Labute approximate surface area is 136 Å². The van der Waals surface area contributed by atoms with Gasteiger partial charge >= 0.3 is 11.9 Å². The fourth-order valence-corrected chi connectivity index (χ4v) is 2.46. The van der Waals surface area contributed by atoms with E-state index in [1.807, 2.05) is 13.8 Å². The molecule has 1 amide bonds. The predicted molar refractivity (Wildman–Crippen MR) is 90.7 cm³/mol. The summed E-state index contributed by atoms with van der Waals surface area (Å²) in [5, 5.41) is 0. The second kappa shape index (κ2) is 14.9. The summed E-state index contributed by atoms with van der Waals surface area (Å²) in [5.41, 5.74) is 0. The van der Waals surface area contributed by atoms with Gasteiger partial charge in [-0.05, 0) is 20.3 Å². The molecule has 0 unspecified atom stereocenters. The van der Waals surface area contributed by atoms with Crippen LogP contribution in [-0.2, 0) is 14.3 Å². The fraction of sp³-hybridized carbons (Fsp3) is 0.889. The molecule has 0 aliphatic heterocycles. The molecule has 0 bridgehead atoms. The highest BCUT2D eigenvalue weighted by Gasteiger charge is 2.20. The molecule has 0 aromatic heterocycles. The first-order valence-corrected chi connectivity index (χ1v) is 9.13. The van der Waals surface area contributed by atoms with Gasteiger partial charge in [-0.25, -0.2) is 4.79 Å². The second-order valence-corrected chi connectivity index (χ2v) is 5.80. The van der Waals surface area contributed by atoms with E-state index in [0.29, 0.717) is 19.7 Å². The Morgan fingerprint density at radius 2 is 1.18 bits per heavy atom. The number of nitrogens with zero attached hydrogens (tertiary/aromatic N) is 1. The Hall–Kier alpha value is -1.06. The van der Waals surface area contributed by atoms with E-state index in [9.17, 15) is 9.59 Å². The van der Waals surface area contributed by atoms with Crippen molar-refractivity contribution in [3.8, 4) is 0 Å². The lowest BCUT2D eigenvalue weighted by Crippen LogP contribution is -2.37. The van der Waals surface area contributed by atoms with Crippen molar-refractivity contribution < 1.29 is 14.3 Å². The molecule has 0 N–H and O–H groups in total. The highest BCUT2D eigenvalue weighted by molar-refractivity contribution is 6.32. The third-order valence-electron chi connectivity index (χ3n) is 3.96. The maximum absolute atomic E-state index is 11.7. The van der Waals surface area contributed by atoms with Crippen molar-refractivity contribution in [3.63, 3.8) is 0 Å². The average Bonchev–Trinajstić information content (AvgIpc) is 2.53. The Balaban J connectivity index is 3.42. The minimum absolute atomic E-state index is 0.363. The number of hydrogen-bond acceptors (Lipinski definition) is 3. The quantitative estimate of drug-likeness (QED) is 0.289. The summed E-state index contributed by atoms with van der Waals surface area (Å²) < 4.78 is 5.03. The molecule has 4 heteroatoms. The van der Waals surface area contributed by atoms with Gasteiger partial charge in [0.25, 0.3) is 0 Å². The molecule has 0 fully saturated rings. The number of amides is 1. The van der Waals surface area contributed by atoms with Crippen molar-refractivity contribution in [2.75, 3.05) is 19.7 Å². The molecule has 0 heterocycles. The smallest absolute Gasteiger partial charge is 0.397 e. The van der Waals surface area contributed by atoms with Gasteiger partial charge in [-0.1, -0.05) is 64.7 Å². The van der Waals surface area contributed by atoms with Gasteiger partial charge in [0, 0.05) is 13.1 Å². The number of carbonyl (C=O) groups is 2. The summed E-state index contributed by atoms with van der Waals surface area (Å²) >= 11 is 0. The number of likely N-dealkylation sites (N-methyl/N-ethyl adjacent to an activating group) is 1. The van der Waals surface area contributed by atoms with Crippen LogP contribution in [0.25, 0.3) is 0 Å². The highest BCUT2D eigenvalue weighted by atomic mass is 16.5. The van der Waals surface area contributed by atoms with Crippen LogP contribution < -0.4 is 0 Å². The highest BCUT2D eigenvalue weighted by Crippen LogP contribution is 2.10. The molecule has 0 rings (SSSR count). The van der Waals surface area contributed by atoms with Gasteiger partial charge in [0.15, 0.2) is 0 Å². The van der Waals surface area contributed by atoms with Crippen LogP contribution in [0.15, 0.2) is 0 Å². The van der Waals surface area contributed by atoms with E-state index in [1.165, 1.54) is 56.3 Å². The van der Waals surface area contributed by atoms with Crippen LogP contribution in [0.5, 0.6) is 0 Å². The molecule has 4 nitrogen and oxygen atoms in total. The maximum atomic E-state index is 11.7. The largest absolute Gasteiger partial charge is 0.459 e. The van der Waals surface area contributed by atoms with Crippen molar-refractivity contribution in [2.24, 2.45) is 0 Å². The van der Waals surface area contributed by atoms with Gasteiger partial charge in [0.1, 0.15) is 0 Å². The Bertz CT molecular complexity index is 288. The number of hydrogen-bond donors (Lipinski definition) is 0. The second-order valence-electron chi connectivity index (χ2n) is 5.80. The van der Waals surface area contributed by atoms with Gasteiger partial charge in [-0.2, -0.15) is 0 Å². The van der Waals surface area contributed by atoms with Gasteiger partial charge in [0.2, 0.25) is 0 Å². The van der Waals surface area contributed by atoms with E-state index in [4.69, 9.17) is 4.74 Å². The molecule has 22 heavy (non-hydrogen) atoms. The number of carbonyl (C=O) groups excluding carboxylic acids is 2. The van der Waals surface area contributed by atoms with E-state index >= 15 is 0 Å². The first-order valence-electron chi connectivity index (χ1n) is 9.13. The minimum Gasteiger partial charge on any atom is -0.459 e. The average molecular weight is 313 g/mol. The summed E-state index contributed by atoms with van der Waals surface area (Å²) in [6.45, 7) is 7.41. The SMILES string of the molecule is CCCCCCCCCCCCOC(=O)C(=O)N(CC)CC. The van der Waals surface area contributed by atoms with E-state index in [-0.39, 0.29) is 0 Å². The summed E-state index contributed by atoms with van der Waals surface area (Å²) in [6.07, 6.45) is 12.4. The third kappa shape index (κ3) is 10.6. The van der Waals surface area contributed by atoms with E-state index in [1.54, 1.807) is 0 Å². The normalized spacial score (nSPS) is 10.5. The number of ether oxygens (including phenoxy) is 1. The van der Waals surface area contributed by atoms with E-state index < -0.39 is 11.9 Å². The molecule has 0 aromatic rings. The van der Waals surface area contributed by atoms with Crippen LogP contribution >= 0.6 is 0 Å². The van der Waals surface area contributed by atoms with Crippen molar-refractivity contribution in [2.45, 2.75) is 85.0 Å². The lowest BCUT2D eigenvalue weighted by atomic mass is 10.1. The van der Waals surface area contributed by atoms with E-state index in [2.05, 4.69) is 6.92 Å². The van der Waals surface area contributed by atoms with Crippen molar-refractivity contribution in [3.05, 3.63) is 0 Å². The third-order valence-corrected chi connectivity index (χ3v) is 3.96. The Morgan fingerprint density at radius 1 is 0.727 bits per heavy atom. The molecular weight excluding hydrogens is 278 g/mol. The molecule has 0 atom stereocenters. The summed E-state index contributed by atoms with van der Waals surface area (Å²) in [7, 11) is 0. The van der Waals surface area contributed by atoms with Crippen LogP contribution in [-0.4, -0.2) is 36.5 Å². The van der Waals surface area contributed by atoms with Crippen LogP contribution in [0.4, 0.5) is 0 Å². The molecular formula is C18H35NO3. The van der Waals surface area contributed by atoms with Gasteiger partial charge in [0.05, 0.1) is 6.61 Å². The molecule has 130 valence electrons. The molecule has 0 aliphatic rings. The fourth-order valence-electron chi connectivity index (χ4n) is 2.46. The number of unbranched alkanes of at least 4 members (excludes halogenated alkanes) is 9. The molecule has 0 saturated carbocycles. The summed E-state index contributed by atoms with van der Waals surface area (Å²) in [4.78, 5) is 24.7. The van der Waals surface area contributed by atoms with Crippen LogP contribution in [0.3, 0.4) is 0 Å². The van der Waals surface area contributed by atoms with Crippen LogP contribution in [0.2, 0.25) is 0 Å². The topological polar surface area (TPSA) is 46.6 Å². The van der Waals surface area contributed by atoms with Gasteiger partial charge in [-0.3, -0.25) is 4.79 Å². The Kier molecular flexibility index (Phi) is 14.1. The zero-order valence-corrected chi connectivity index (χ0v) is 14.9. The van der Waals surface area contributed by atoms with Crippen LogP contribution in [0.1, 0.15) is 85.0 Å². The summed E-state index contributed by atoms with van der Waals surface area (Å²) in [6, 6.07) is 0. The number of rotatable bonds is 13. The molecule has 0 radical (unpaired) electrons. The first-order chi connectivity index (χ1) is 10.7. The molecule has 0 aromatic carbocycles. The van der Waals surface area contributed by atoms with Crippen molar-refractivity contribution in [1.82, 2.24) is 4.90 Å². The lowest BCUT2D eigenvalue weighted by Gasteiger charge is -2.17. The minimum atomic E-state index is -0.709. The zero-order valence-electron chi connectivity index (χ0n) is 14.9. The van der Waals surface area contributed by atoms with Crippen molar-refractivity contribution >= 4 is 11.9 Å². The monoisotopic (exact) mass is 313 g/mol. The molecule has 0 aliphatic carbocycles. The standard InChI is InChI=1S/C18H35NO3/c1-4-7-8-9-10-11-12-13-14-15-16-22-18(21)17(20)19(5-2)6-3/h4-16H2,1-3H3.